The lowest BCUT2D eigenvalue weighted by Crippen LogP contribution is -2.44. The molecule has 6 heteroatoms. The van der Waals surface area contributed by atoms with E-state index in [1.165, 1.54) is 4.68 Å². The third-order valence-electron chi connectivity index (χ3n) is 4.25. The molecule has 2 N–H and O–H groups in total. The van der Waals surface area contributed by atoms with Gasteiger partial charge in [-0.05, 0) is 44.4 Å². The quantitative estimate of drug-likeness (QED) is 0.904. The Bertz CT molecular complexity index is 681. The van der Waals surface area contributed by atoms with Crippen LogP contribution in [0, 0.1) is 5.92 Å². The lowest BCUT2D eigenvalue weighted by atomic mass is 9.92. The largest absolute Gasteiger partial charge is 0.328 e. The Morgan fingerprint density at radius 1 is 1.43 bits per heavy atom. The van der Waals surface area contributed by atoms with Gasteiger partial charge in [-0.1, -0.05) is 17.3 Å². The van der Waals surface area contributed by atoms with Crippen LogP contribution in [0.4, 0.5) is 0 Å². The molecule has 21 heavy (non-hydrogen) atoms. The Hall–Kier alpha value is -1.79. The van der Waals surface area contributed by atoms with Crippen LogP contribution in [-0.2, 0) is 6.67 Å². The van der Waals surface area contributed by atoms with Gasteiger partial charge in [-0.25, -0.2) is 0 Å². The van der Waals surface area contributed by atoms with Gasteiger partial charge in [0, 0.05) is 12.6 Å². The summed E-state index contributed by atoms with van der Waals surface area (Å²) in [5, 5.41) is 8.79. The normalized spacial score (nSPS) is 21.5. The van der Waals surface area contributed by atoms with E-state index in [4.69, 9.17) is 5.73 Å². The van der Waals surface area contributed by atoms with Crippen LogP contribution in [0.5, 0.6) is 0 Å². The highest BCUT2D eigenvalue weighted by atomic mass is 16.1. The van der Waals surface area contributed by atoms with Crippen molar-refractivity contribution >= 4 is 10.9 Å². The van der Waals surface area contributed by atoms with Gasteiger partial charge in [-0.2, -0.15) is 4.68 Å². The highest BCUT2D eigenvalue weighted by Crippen LogP contribution is 2.18. The zero-order valence-electron chi connectivity index (χ0n) is 12.3. The van der Waals surface area contributed by atoms with E-state index in [0.29, 0.717) is 23.5 Å². The Morgan fingerprint density at radius 2 is 2.24 bits per heavy atom. The van der Waals surface area contributed by atoms with Crippen molar-refractivity contribution in [3.05, 3.63) is 34.6 Å². The first kappa shape index (κ1) is 14.2. The molecule has 6 nitrogen and oxygen atoms in total. The SMILES string of the molecule is CC(N)C1CCCN(Cn2nnc3ccccc3c2=O)C1. The Morgan fingerprint density at radius 3 is 3.05 bits per heavy atom. The molecule has 0 aliphatic carbocycles. The molecule has 1 aromatic heterocycles. The highest BCUT2D eigenvalue weighted by Gasteiger charge is 2.23. The predicted octanol–water partition coefficient (Wildman–Crippen LogP) is 0.808. The van der Waals surface area contributed by atoms with Crippen LogP contribution in [-0.4, -0.2) is 39.0 Å². The molecule has 2 aromatic rings. The zero-order valence-corrected chi connectivity index (χ0v) is 12.3. The van der Waals surface area contributed by atoms with E-state index in [2.05, 4.69) is 22.1 Å². The molecule has 112 valence electrons. The highest BCUT2D eigenvalue weighted by molar-refractivity contribution is 5.76. The number of likely N-dealkylation sites (tertiary alicyclic amines) is 1. The van der Waals surface area contributed by atoms with Crippen molar-refractivity contribution in [2.24, 2.45) is 11.7 Å². The summed E-state index contributed by atoms with van der Waals surface area (Å²) in [5.41, 5.74) is 6.57. The molecule has 1 fully saturated rings. The Labute approximate surface area is 123 Å². The van der Waals surface area contributed by atoms with Crippen LogP contribution in [0.2, 0.25) is 0 Å². The molecule has 2 atom stereocenters. The Kier molecular flexibility index (Phi) is 3.98. The number of rotatable bonds is 3. The van der Waals surface area contributed by atoms with Gasteiger partial charge in [0.2, 0.25) is 0 Å². The number of nitrogens with zero attached hydrogens (tertiary/aromatic N) is 4. The van der Waals surface area contributed by atoms with Gasteiger partial charge in [0.05, 0.1) is 12.1 Å². The maximum Gasteiger partial charge on any atom is 0.278 e. The van der Waals surface area contributed by atoms with Crippen molar-refractivity contribution < 1.29 is 0 Å². The number of hydrogen-bond acceptors (Lipinski definition) is 5. The molecule has 0 bridgehead atoms. The lowest BCUT2D eigenvalue weighted by molar-refractivity contribution is 0.118. The summed E-state index contributed by atoms with van der Waals surface area (Å²) < 4.78 is 1.45. The first-order valence-corrected chi connectivity index (χ1v) is 7.45. The smallest absolute Gasteiger partial charge is 0.278 e. The second-order valence-corrected chi connectivity index (χ2v) is 5.89. The molecule has 0 saturated carbocycles. The van der Waals surface area contributed by atoms with Crippen LogP contribution in [0.1, 0.15) is 19.8 Å². The van der Waals surface area contributed by atoms with Crippen molar-refractivity contribution in [2.45, 2.75) is 32.5 Å². The molecule has 1 aromatic carbocycles. The fraction of sp³-hybridized carbons (Fsp3) is 0.533. The van der Waals surface area contributed by atoms with Crippen molar-refractivity contribution in [2.75, 3.05) is 13.1 Å². The molecule has 1 aliphatic heterocycles. The monoisotopic (exact) mass is 287 g/mol. The van der Waals surface area contributed by atoms with Gasteiger partial charge in [0.25, 0.3) is 5.56 Å². The summed E-state index contributed by atoms with van der Waals surface area (Å²) in [4.78, 5) is 14.7. The average molecular weight is 287 g/mol. The van der Waals surface area contributed by atoms with E-state index in [0.717, 1.165) is 25.9 Å². The van der Waals surface area contributed by atoms with Gasteiger partial charge in [0.15, 0.2) is 0 Å². The Balaban J connectivity index is 1.82. The summed E-state index contributed by atoms with van der Waals surface area (Å²) in [6.07, 6.45) is 2.27. The molecular weight excluding hydrogens is 266 g/mol. The summed E-state index contributed by atoms with van der Waals surface area (Å²) in [7, 11) is 0. The molecule has 3 rings (SSSR count). The first-order valence-electron chi connectivity index (χ1n) is 7.45. The lowest BCUT2D eigenvalue weighted by Gasteiger charge is -2.34. The summed E-state index contributed by atoms with van der Waals surface area (Å²) in [5.74, 6) is 0.489. The third-order valence-corrected chi connectivity index (χ3v) is 4.25. The fourth-order valence-corrected chi connectivity index (χ4v) is 2.95. The standard InChI is InChI=1S/C15H21N5O/c1-11(16)12-5-4-8-19(9-12)10-20-15(21)13-6-2-3-7-14(13)17-18-20/h2-3,6-7,11-12H,4-5,8-10,16H2,1H3. The average Bonchev–Trinajstić information content (AvgIpc) is 2.51. The van der Waals surface area contributed by atoms with E-state index in [1.54, 1.807) is 12.1 Å². The van der Waals surface area contributed by atoms with Crippen LogP contribution in [0.15, 0.2) is 29.1 Å². The minimum absolute atomic E-state index is 0.0801. The first-order chi connectivity index (χ1) is 10.1. The molecule has 0 amide bonds. The van der Waals surface area contributed by atoms with Gasteiger partial charge in [0.1, 0.15) is 5.52 Å². The molecule has 0 radical (unpaired) electrons. The molecule has 2 unspecified atom stereocenters. The van der Waals surface area contributed by atoms with Crippen LogP contribution in [0.25, 0.3) is 10.9 Å². The van der Waals surface area contributed by atoms with Gasteiger partial charge in [-0.15, -0.1) is 5.10 Å². The van der Waals surface area contributed by atoms with Gasteiger partial charge in [-0.3, -0.25) is 9.69 Å². The molecule has 0 spiro atoms. The maximum atomic E-state index is 12.4. The molecule has 1 aliphatic rings. The minimum Gasteiger partial charge on any atom is -0.328 e. The predicted molar refractivity (Wildman–Crippen MR) is 81.7 cm³/mol. The van der Waals surface area contributed by atoms with Gasteiger partial charge >= 0.3 is 0 Å². The van der Waals surface area contributed by atoms with E-state index < -0.39 is 0 Å². The molecule has 1 saturated heterocycles. The minimum atomic E-state index is -0.0801. The second kappa shape index (κ2) is 5.91. The van der Waals surface area contributed by atoms with Crippen molar-refractivity contribution in [1.82, 2.24) is 19.9 Å². The number of fused-ring (bicyclic) bond motifs is 1. The molecule has 2 heterocycles. The van der Waals surface area contributed by atoms with Crippen molar-refractivity contribution in [1.29, 1.82) is 0 Å². The number of aromatic nitrogens is 3. The van der Waals surface area contributed by atoms with Crippen LogP contribution < -0.4 is 11.3 Å². The second-order valence-electron chi connectivity index (χ2n) is 5.89. The zero-order chi connectivity index (χ0) is 14.8. The van der Waals surface area contributed by atoms with Crippen molar-refractivity contribution in [3.8, 4) is 0 Å². The van der Waals surface area contributed by atoms with E-state index >= 15 is 0 Å². The topological polar surface area (TPSA) is 77.0 Å². The molecular formula is C15H21N5O. The van der Waals surface area contributed by atoms with Crippen LogP contribution in [0.3, 0.4) is 0 Å². The van der Waals surface area contributed by atoms with Crippen LogP contribution >= 0.6 is 0 Å². The maximum absolute atomic E-state index is 12.4. The van der Waals surface area contributed by atoms with E-state index in [1.807, 2.05) is 12.1 Å². The van der Waals surface area contributed by atoms with Gasteiger partial charge < -0.3 is 5.73 Å². The fourth-order valence-electron chi connectivity index (χ4n) is 2.95. The van der Waals surface area contributed by atoms with E-state index in [-0.39, 0.29) is 11.6 Å². The summed E-state index contributed by atoms with van der Waals surface area (Å²) in [6, 6.07) is 7.50. The van der Waals surface area contributed by atoms with Crippen molar-refractivity contribution in [3.63, 3.8) is 0 Å². The summed E-state index contributed by atoms with van der Waals surface area (Å²) in [6.45, 7) is 4.43. The third kappa shape index (κ3) is 2.96. The van der Waals surface area contributed by atoms with E-state index in [9.17, 15) is 4.79 Å². The number of benzene rings is 1. The number of nitrogens with two attached hydrogens (primary N) is 1. The number of piperidine rings is 1. The summed E-state index contributed by atoms with van der Waals surface area (Å²) >= 11 is 0. The number of hydrogen-bond donors (Lipinski definition) is 1.